The number of benzene rings is 2. The van der Waals surface area contributed by atoms with Crippen molar-refractivity contribution in [2.75, 3.05) is 18.5 Å². The van der Waals surface area contributed by atoms with Crippen molar-refractivity contribution in [1.29, 1.82) is 0 Å². The third-order valence-electron chi connectivity index (χ3n) is 3.58. The van der Waals surface area contributed by atoms with Gasteiger partial charge in [0, 0.05) is 11.6 Å². The van der Waals surface area contributed by atoms with E-state index in [0.29, 0.717) is 41.5 Å². The van der Waals surface area contributed by atoms with Gasteiger partial charge in [0.1, 0.15) is 13.2 Å². The Morgan fingerprint density at radius 1 is 1.08 bits per heavy atom. The lowest BCUT2D eigenvalue weighted by atomic mass is 10.0. The number of hydrogen-bond acceptors (Lipinski definition) is 4. The SMILES string of the molecule is C[C@H](Br)C(=O)Nc1cc2c(cc1C(=O)c1ccccc1)OCCO2. The van der Waals surface area contributed by atoms with Gasteiger partial charge in [-0.25, -0.2) is 0 Å². The summed E-state index contributed by atoms with van der Waals surface area (Å²) in [5.41, 5.74) is 1.31. The molecule has 0 radical (unpaired) electrons. The van der Waals surface area contributed by atoms with Gasteiger partial charge in [-0.1, -0.05) is 46.3 Å². The summed E-state index contributed by atoms with van der Waals surface area (Å²) in [6.45, 7) is 2.57. The highest BCUT2D eigenvalue weighted by Gasteiger charge is 2.22. The lowest BCUT2D eigenvalue weighted by Gasteiger charge is -2.21. The smallest absolute Gasteiger partial charge is 0.237 e. The van der Waals surface area contributed by atoms with Gasteiger partial charge < -0.3 is 14.8 Å². The molecule has 0 aliphatic carbocycles. The Morgan fingerprint density at radius 3 is 2.33 bits per heavy atom. The predicted molar refractivity (Wildman–Crippen MR) is 94.3 cm³/mol. The second-order valence-corrected chi connectivity index (χ2v) is 6.72. The van der Waals surface area contributed by atoms with E-state index in [1.165, 1.54) is 0 Å². The number of rotatable bonds is 4. The van der Waals surface area contributed by atoms with Crippen molar-refractivity contribution in [3.8, 4) is 11.5 Å². The first-order chi connectivity index (χ1) is 11.6. The Bertz CT molecular complexity index is 774. The number of alkyl halides is 1. The average molecular weight is 390 g/mol. The molecule has 1 aliphatic rings. The van der Waals surface area contributed by atoms with E-state index < -0.39 is 0 Å². The Kier molecular flexibility index (Phi) is 4.85. The number of carbonyl (C=O) groups excluding carboxylic acids is 2. The Labute approximate surface area is 148 Å². The number of ether oxygens (including phenoxy) is 2. The van der Waals surface area contributed by atoms with Crippen LogP contribution >= 0.6 is 15.9 Å². The molecule has 0 bridgehead atoms. The van der Waals surface area contributed by atoms with Gasteiger partial charge >= 0.3 is 0 Å². The average Bonchev–Trinajstić information content (AvgIpc) is 2.61. The standard InChI is InChI=1S/C18H16BrNO4/c1-11(19)18(22)20-14-10-16-15(23-7-8-24-16)9-13(14)17(21)12-5-3-2-4-6-12/h2-6,9-11H,7-8H2,1H3,(H,20,22)/t11-/m0/s1. The van der Waals surface area contributed by atoms with Gasteiger partial charge in [-0.05, 0) is 13.0 Å². The van der Waals surface area contributed by atoms with Crippen LogP contribution in [0, 0.1) is 0 Å². The molecule has 24 heavy (non-hydrogen) atoms. The van der Waals surface area contributed by atoms with Crippen LogP contribution < -0.4 is 14.8 Å². The zero-order valence-corrected chi connectivity index (χ0v) is 14.6. The van der Waals surface area contributed by atoms with Crippen molar-refractivity contribution >= 4 is 33.3 Å². The van der Waals surface area contributed by atoms with E-state index in [4.69, 9.17) is 9.47 Å². The zero-order chi connectivity index (χ0) is 17.1. The van der Waals surface area contributed by atoms with Crippen LogP contribution in [0.1, 0.15) is 22.8 Å². The van der Waals surface area contributed by atoms with Crippen molar-refractivity contribution in [2.45, 2.75) is 11.8 Å². The molecular formula is C18H16BrNO4. The van der Waals surface area contributed by atoms with Gasteiger partial charge in [-0.3, -0.25) is 9.59 Å². The first-order valence-corrected chi connectivity index (χ1v) is 8.46. The highest BCUT2D eigenvalue weighted by Crippen LogP contribution is 2.36. The highest BCUT2D eigenvalue weighted by molar-refractivity contribution is 9.10. The van der Waals surface area contributed by atoms with Gasteiger partial charge in [0.25, 0.3) is 0 Å². The monoisotopic (exact) mass is 389 g/mol. The van der Waals surface area contributed by atoms with Crippen LogP contribution in [0.4, 0.5) is 5.69 Å². The molecule has 1 aliphatic heterocycles. The number of nitrogens with one attached hydrogen (secondary N) is 1. The van der Waals surface area contributed by atoms with Crippen LogP contribution in [-0.2, 0) is 4.79 Å². The molecule has 0 fully saturated rings. The second kappa shape index (κ2) is 7.05. The van der Waals surface area contributed by atoms with E-state index in [9.17, 15) is 9.59 Å². The van der Waals surface area contributed by atoms with Crippen molar-refractivity contribution in [1.82, 2.24) is 0 Å². The minimum Gasteiger partial charge on any atom is -0.486 e. The van der Waals surface area contributed by atoms with Crippen molar-refractivity contribution < 1.29 is 19.1 Å². The van der Waals surface area contributed by atoms with Crippen molar-refractivity contribution in [3.05, 3.63) is 53.6 Å². The van der Waals surface area contributed by atoms with Crippen LogP contribution in [0.2, 0.25) is 0 Å². The summed E-state index contributed by atoms with van der Waals surface area (Å²) in [5, 5.41) is 2.77. The first kappa shape index (κ1) is 16.5. The summed E-state index contributed by atoms with van der Waals surface area (Å²) < 4.78 is 11.1. The molecule has 124 valence electrons. The predicted octanol–water partition coefficient (Wildman–Crippen LogP) is 3.41. The maximum absolute atomic E-state index is 12.8. The van der Waals surface area contributed by atoms with Crippen LogP contribution in [0.15, 0.2) is 42.5 Å². The number of amides is 1. The summed E-state index contributed by atoms with van der Waals surface area (Å²) in [4.78, 5) is 24.5. The third kappa shape index (κ3) is 3.43. The van der Waals surface area contributed by atoms with Gasteiger partial charge in [-0.15, -0.1) is 0 Å². The van der Waals surface area contributed by atoms with Gasteiger partial charge in [0.15, 0.2) is 17.3 Å². The molecule has 6 heteroatoms. The lowest BCUT2D eigenvalue weighted by molar-refractivity contribution is -0.115. The Hall–Kier alpha value is -2.34. The van der Waals surface area contributed by atoms with Crippen LogP contribution in [0.25, 0.3) is 0 Å². The summed E-state index contributed by atoms with van der Waals surface area (Å²) in [7, 11) is 0. The quantitative estimate of drug-likeness (QED) is 0.642. The summed E-state index contributed by atoms with van der Waals surface area (Å²) in [5.74, 6) is 0.590. The van der Waals surface area contributed by atoms with E-state index in [2.05, 4.69) is 21.2 Å². The second-order valence-electron chi connectivity index (χ2n) is 5.34. The number of anilines is 1. The molecule has 5 nitrogen and oxygen atoms in total. The van der Waals surface area contributed by atoms with Crippen molar-refractivity contribution in [3.63, 3.8) is 0 Å². The molecule has 1 atom stereocenters. The van der Waals surface area contributed by atoms with Crippen LogP contribution in [0.3, 0.4) is 0 Å². The molecule has 2 aromatic carbocycles. The van der Waals surface area contributed by atoms with Crippen molar-refractivity contribution in [2.24, 2.45) is 0 Å². The molecule has 1 amide bonds. The number of carbonyl (C=O) groups is 2. The number of ketones is 1. The first-order valence-electron chi connectivity index (χ1n) is 7.54. The maximum Gasteiger partial charge on any atom is 0.237 e. The molecule has 0 aromatic heterocycles. The minimum atomic E-state index is -0.384. The fourth-order valence-electron chi connectivity index (χ4n) is 2.36. The largest absolute Gasteiger partial charge is 0.486 e. The molecule has 2 aromatic rings. The highest BCUT2D eigenvalue weighted by atomic mass is 79.9. The van der Waals surface area contributed by atoms with E-state index in [1.807, 2.05) is 6.07 Å². The Balaban J connectivity index is 2.05. The maximum atomic E-state index is 12.8. The van der Waals surface area contributed by atoms with E-state index in [-0.39, 0.29) is 16.5 Å². The molecule has 1 heterocycles. The molecule has 0 unspecified atom stereocenters. The Morgan fingerprint density at radius 2 is 1.71 bits per heavy atom. The lowest BCUT2D eigenvalue weighted by Crippen LogP contribution is -2.23. The van der Waals surface area contributed by atoms with E-state index in [1.54, 1.807) is 43.3 Å². The van der Waals surface area contributed by atoms with Crippen LogP contribution in [-0.4, -0.2) is 29.7 Å². The molecule has 1 N–H and O–H groups in total. The normalized spacial score (nSPS) is 13.9. The fraction of sp³-hybridized carbons (Fsp3) is 0.222. The summed E-state index contributed by atoms with van der Waals surface area (Å²) in [6.07, 6.45) is 0. The van der Waals surface area contributed by atoms with Gasteiger partial charge in [-0.2, -0.15) is 0 Å². The number of hydrogen-bond donors (Lipinski definition) is 1. The minimum absolute atomic E-state index is 0.190. The number of fused-ring (bicyclic) bond motifs is 1. The van der Waals surface area contributed by atoms with Crippen LogP contribution in [0.5, 0.6) is 11.5 Å². The zero-order valence-electron chi connectivity index (χ0n) is 13.0. The summed E-state index contributed by atoms with van der Waals surface area (Å²) in [6, 6.07) is 12.2. The molecular weight excluding hydrogens is 374 g/mol. The molecule has 0 spiro atoms. The third-order valence-corrected chi connectivity index (χ3v) is 4.00. The number of halogens is 1. The van der Waals surface area contributed by atoms with E-state index >= 15 is 0 Å². The fourth-order valence-corrected chi connectivity index (χ4v) is 2.47. The topological polar surface area (TPSA) is 64.6 Å². The van der Waals surface area contributed by atoms with Gasteiger partial charge in [0.05, 0.1) is 16.1 Å². The molecule has 0 saturated carbocycles. The summed E-state index contributed by atoms with van der Waals surface area (Å²) >= 11 is 3.23. The van der Waals surface area contributed by atoms with Gasteiger partial charge in [0.2, 0.25) is 5.91 Å². The molecule has 3 rings (SSSR count). The van der Waals surface area contributed by atoms with E-state index in [0.717, 1.165) is 0 Å². The molecule has 0 saturated heterocycles.